The third-order valence-electron chi connectivity index (χ3n) is 5.32. The van der Waals surface area contributed by atoms with Crippen LogP contribution in [-0.2, 0) is 0 Å². The van der Waals surface area contributed by atoms with E-state index in [1.165, 1.54) is 11.3 Å². The van der Waals surface area contributed by atoms with E-state index in [9.17, 15) is 4.79 Å². The van der Waals surface area contributed by atoms with Gasteiger partial charge in [0, 0.05) is 43.5 Å². The van der Waals surface area contributed by atoms with Gasteiger partial charge in [-0.25, -0.2) is 9.97 Å². The molecule has 0 unspecified atom stereocenters. The lowest BCUT2D eigenvalue weighted by atomic mass is 10.1. The number of aromatic nitrogens is 4. The summed E-state index contributed by atoms with van der Waals surface area (Å²) in [6.45, 7) is 10.2. The minimum Gasteiger partial charge on any atom is -0.369 e. The molecule has 8 nitrogen and oxygen atoms in total. The van der Waals surface area contributed by atoms with Crippen molar-refractivity contribution < 1.29 is 0 Å². The molecule has 0 radical (unpaired) electrons. The Balaban J connectivity index is 1.56. The number of anilines is 3. The molecule has 0 atom stereocenters. The molecule has 3 aromatic rings. The average Bonchev–Trinajstić information content (AvgIpc) is 2.68. The van der Waals surface area contributed by atoms with Gasteiger partial charge in [0.1, 0.15) is 11.2 Å². The minimum atomic E-state index is -0.204. The molecule has 1 aromatic carbocycles. The van der Waals surface area contributed by atoms with Gasteiger partial charge in [-0.3, -0.25) is 4.79 Å². The molecule has 0 spiro atoms. The Labute approximate surface area is 170 Å². The standard InChI is InChI=1S/C21H27N7O/c1-13(2)18-20(29)25-19-16(24-18)12-22-21(26-19)23-15-5-6-17(14(3)11-15)28-9-7-27(4)8-10-28/h5-6,11-13H,7-10H2,1-4H3,(H2,22,23,25,26,29). The van der Waals surface area contributed by atoms with E-state index in [1.807, 2.05) is 19.9 Å². The summed E-state index contributed by atoms with van der Waals surface area (Å²) in [5.74, 6) is 0.474. The Morgan fingerprint density at radius 3 is 2.59 bits per heavy atom. The van der Waals surface area contributed by atoms with E-state index in [0.717, 1.165) is 31.9 Å². The van der Waals surface area contributed by atoms with E-state index in [2.05, 4.69) is 61.2 Å². The summed E-state index contributed by atoms with van der Waals surface area (Å²) in [5, 5.41) is 3.23. The van der Waals surface area contributed by atoms with Crippen LogP contribution in [0.2, 0.25) is 0 Å². The van der Waals surface area contributed by atoms with Crippen molar-refractivity contribution in [1.29, 1.82) is 0 Å². The maximum Gasteiger partial charge on any atom is 0.271 e. The highest BCUT2D eigenvalue weighted by Crippen LogP contribution is 2.26. The number of hydrogen-bond acceptors (Lipinski definition) is 7. The second-order valence-corrected chi connectivity index (χ2v) is 7.95. The van der Waals surface area contributed by atoms with Gasteiger partial charge < -0.3 is 20.1 Å². The van der Waals surface area contributed by atoms with Crippen LogP contribution in [0, 0.1) is 6.92 Å². The van der Waals surface area contributed by atoms with E-state index < -0.39 is 0 Å². The molecule has 1 aliphatic heterocycles. The molecule has 1 aliphatic rings. The lowest BCUT2D eigenvalue weighted by Gasteiger charge is -2.35. The Morgan fingerprint density at radius 2 is 1.90 bits per heavy atom. The number of fused-ring (bicyclic) bond motifs is 1. The summed E-state index contributed by atoms with van der Waals surface area (Å²) < 4.78 is 0. The first-order valence-corrected chi connectivity index (χ1v) is 9.99. The SMILES string of the molecule is Cc1cc(Nc2ncc3nc(C(C)C)c(=O)[nH]c3n2)ccc1N1CCN(C)CC1. The molecule has 3 heterocycles. The van der Waals surface area contributed by atoms with Gasteiger partial charge in [-0.15, -0.1) is 0 Å². The maximum absolute atomic E-state index is 12.2. The lowest BCUT2D eigenvalue weighted by molar-refractivity contribution is 0.312. The van der Waals surface area contributed by atoms with Crippen LogP contribution in [0.3, 0.4) is 0 Å². The molecular weight excluding hydrogens is 366 g/mol. The van der Waals surface area contributed by atoms with Gasteiger partial charge in [0.25, 0.3) is 5.56 Å². The van der Waals surface area contributed by atoms with Gasteiger partial charge in [0.2, 0.25) is 5.95 Å². The minimum absolute atomic E-state index is 0.0442. The van der Waals surface area contributed by atoms with Crippen LogP contribution in [0.5, 0.6) is 0 Å². The first-order valence-electron chi connectivity index (χ1n) is 9.99. The second kappa shape index (κ2) is 7.79. The molecular formula is C21H27N7O. The Kier molecular flexibility index (Phi) is 5.19. The predicted molar refractivity (Wildman–Crippen MR) is 116 cm³/mol. The van der Waals surface area contributed by atoms with E-state index in [-0.39, 0.29) is 11.5 Å². The predicted octanol–water partition coefficient (Wildman–Crippen LogP) is 2.64. The number of aromatic amines is 1. The maximum atomic E-state index is 12.2. The summed E-state index contributed by atoms with van der Waals surface area (Å²) >= 11 is 0. The van der Waals surface area contributed by atoms with Gasteiger partial charge in [-0.2, -0.15) is 4.98 Å². The first-order chi connectivity index (χ1) is 13.9. The molecule has 1 saturated heterocycles. The normalized spacial score (nSPS) is 15.3. The molecule has 4 rings (SSSR count). The zero-order valence-electron chi connectivity index (χ0n) is 17.4. The van der Waals surface area contributed by atoms with Crippen molar-refractivity contribution >= 4 is 28.5 Å². The molecule has 8 heteroatoms. The third kappa shape index (κ3) is 4.07. The quantitative estimate of drug-likeness (QED) is 0.704. The van der Waals surface area contributed by atoms with Gasteiger partial charge in [0.15, 0.2) is 5.65 Å². The van der Waals surface area contributed by atoms with Gasteiger partial charge in [0.05, 0.1) is 6.20 Å². The molecule has 2 aromatic heterocycles. The number of benzene rings is 1. The lowest BCUT2D eigenvalue weighted by Crippen LogP contribution is -2.44. The number of nitrogens with one attached hydrogen (secondary N) is 2. The monoisotopic (exact) mass is 393 g/mol. The van der Waals surface area contributed by atoms with E-state index in [1.54, 1.807) is 6.20 Å². The second-order valence-electron chi connectivity index (χ2n) is 7.95. The van der Waals surface area contributed by atoms with E-state index in [4.69, 9.17) is 0 Å². The number of nitrogens with zero attached hydrogens (tertiary/aromatic N) is 5. The fourth-order valence-corrected chi connectivity index (χ4v) is 3.62. The van der Waals surface area contributed by atoms with Crippen molar-refractivity contribution in [2.75, 3.05) is 43.4 Å². The van der Waals surface area contributed by atoms with Crippen LogP contribution in [0.4, 0.5) is 17.3 Å². The van der Waals surface area contributed by atoms with Crippen molar-refractivity contribution in [3.05, 3.63) is 46.0 Å². The van der Waals surface area contributed by atoms with Crippen molar-refractivity contribution in [3.8, 4) is 0 Å². The molecule has 1 fully saturated rings. The van der Waals surface area contributed by atoms with Gasteiger partial charge in [-0.05, 0) is 37.7 Å². The Bertz CT molecular complexity index is 1080. The van der Waals surface area contributed by atoms with Crippen molar-refractivity contribution in [2.45, 2.75) is 26.7 Å². The number of H-pyrrole nitrogens is 1. The number of rotatable bonds is 4. The third-order valence-corrected chi connectivity index (χ3v) is 5.32. The van der Waals surface area contributed by atoms with E-state index in [0.29, 0.717) is 22.8 Å². The molecule has 2 N–H and O–H groups in total. The fourth-order valence-electron chi connectivity index (χ4n) is 3.62. The zero-order chi connectivity index (χ0) is 20.5. The number of piperazine rings is 1. The smallest absolute Gasteiger partial charge is 0.271 e. The Morgan fingerprint density at radius 1 is 1.14 bits per heavy atom. The summed E-state index contributed by atoms with van der Waals surface area (Å²) in [5.41, 5.74) is 4.69. The summed E-state index contributed by atoms with van der Waals surface area (Å²) in [4.78, 5) is 33.0. The highest BCUT2D eigenvalue weighted by molar-refractivity contribution is 5.71. The average molecular weight is 393 g/mol. The first kappa shape index (κ1) is 19.3. The fraction of sp³-hybridized carbons (Fsp3) is 0.429. The van der Waals surface area contributed by atoms with Crippen LogP contribution in [-0.4, -0.2) is 58.1 Å². The highest BCUT2D eigenvalue weighted by atomic mass is 16.1. The van der Waals surface area contributed by atoms with Crippen molar-refractivity contribution in [2.24, 2.45) is 0 Å². The summed E-state index contributed by atoms with van der Waals surface area (Å²) in [7, 11) is 2.16. The molecule has 0 aliphatic carbocycles. The van der Waals surface area contributed by atoms with Crippen molar-refractivity contribution in [3.63, 3.8) is 0 Å². The van der Waals surface area contributed by atoms with Gasteiger partial charge >= 0.3 is 0 Å². The highest BCUT2D eigenvalue weighted by Gasteiger charge is 2.16. The molecule has 0 amide bonds. The number of hydrogen-bond donors (Lipinski definition) is 2. The van der Waals surface area contributed by atoms with Crippen LogP contribution in [0.1, 0.15) is 31.0 Å². The van der Waals surface area contributed by atoms with E-state index >= 15 is 0 Å². The molecule has 0 bridgehead atoms. The largest absolute Gasteiger partial charge is 0.369 e. The summed E-state index contributed by atoms with van der Waals surface area (Å²) in [6, 6.07) is 6.28. The summed E-state index contributed by atoms with van der Waals surface area (Å²) in [6.07, 6.45) is 1.64. The number of likely N-dealkylation sites (N-methyl/N-ethyl adjacent to an activating group) is 1. The van der Waals surface area contributed by atoms with Crippen LogP contribution in [0.25, 0.3) is 11.2 Å². The zero-order valence-corrected chi connectivity index (χ0v) is 17.4. The molecule has 29 heavy (non-hydrogen) atoms. The van der Waals surface area contributed by atoms with Gasteiger partial charge in [-0.1, -0.05) is 13.8 Å². The van der Waals surface area contributed by atoms with Crippen LogP contribution < -0.4 is 15.8 Å². The topological polar surface area (TPSA) is 90.0 Å². The van der Waals surface area contributed by atoms with Crippen LogP contribution in [0.15, 0.2) is 29.2 Å². The Hall–Kier alpha value is -3.00. The molecule has 152 valence electrons. The van der Waals surface area contributed by atoms with Crippen molar-refractivity contribution in [1.82, 2.24) is 24.8 Å². The number of aryl methyl sites for hydroxylation is 1. The molecule has 0 saturated carbocycles. The van der Waals surface area contributed by atoms with Crippen LogP contribution >= 0.6 is 0 Å².